The van der Waals surface area contributed by atoms with E-state index in [2.05, 4.69) is 10.3 Å². The first-order valence-corrected chi connectivity index (χ1v) is 12.7. The number of carbonyl (C=O) groups is 3. The standard InChI is InChI=1S/C26H22ClF5N4O4/c27-13-10-16(25(39)35-6-8-40-9-7-35)22(17(11-13)26(30,31)32)36-5-4-14(12-36)33-23(37)19-15-2-1-3-18(28)21(15)34-24(38)20(19)29/h1-3,10-11,14,20H,4-9,12H2,(H,33,37)/t14-,20?/m1/s1. The molecule has 40 heavy (non-hydrogen) atoms. The molecule has 0 saturated carbocycles. The SMILES string of the molecule is O=C(N[C@@H]1CCN(c2c(C(=O)N3CCOCC3)cc(Cl)cc2C(F)(F)F)C1)C1=c2cccc(F)c2=NC(=O)C1F. The van der Waals surface area contributed by atoms with Crippen LogP contribution in [0.2, 0.25) is 5.02 Å². The molecule has 2 fully saturated rings. The van der Waals surface area contributed by atoms with Crippen molar-refractivity contribution >= 4 is 40.6 Å². The van der Waals surface area contributed by atoms with E-state index in [1.165, 1.54) is 28.0 Å². The number of anilines is 1. The summed E-state index contributed by atoms with van der Waals surface area (Å²) >= 11 is 6.01. The Kier molecular flexibility index (Phi) is 7.53. The van der Waals surface area contributed by atoms with Crippen molar-refractivity contribution in [1.82, 2.24) is 10.2 Å². The number of benzene rings is 2. The Balaban J connectivity index is 1.46. The minimum atomic E-state index is -4.85. The molecule has 2 atom stereocenters. The summed E-state index contributed by atoms with van der Waals surface area (Å²) < 4.78 is 76.7. The first kappa shape index (κ1) is 28.0. The summed E-state index contributed by atoms with van der Waals surface area (Å²) in [5.74, 6) is -3.89. The molecule has 5 rings (SSSR count). The smallest absolute Gasteiger partial charge is 0.378 e. The van der Waals surface area contributed by atoms with Crippen molar-refractivity contribution in [3.05, 3.63) is 62.9 Å². The second kappa shape index (κ2) is 10.8. The predicted octanol–water partition coefficient (Wildman–Crippen LogP) is 2.01. The zero-order valence-corrected chi connectivity index (χ0v) is 21.5. The molecule has 2 saturated heterocycles. The average Bonchev–Trinajstić information content (AvgIpc) is 3.37. The van der Waals surface area contributed by atoms with Crippen LogP contribution in [-0.2, 0) is 20.5 Å². The fourth-order valence-electron chi connectivity index (χ4n) is 5.11. The normalized spacial score (nSPS) is 21.2. The summed E-state index contributed by atoms with van der Waals surface area (Å²) in [5, 5.41) is 1.64. The molecule has 0 bridgehead atoms. The Morgan fingerprint density at radius 2 is 1.85 bits per heavy atom. The number of fused-ring (bicyclic) bond motifs is 1. The molecule has 3 aliphatic heterocycles. The number of para-hydroxylation sites is 1. The third-order valence-corrected chi connectivity index (χ3v) is 7.18. The molecule has 3 amide bonds. The van der Waals surface area contributed by atoms with Crippen LogP contribution >= 0.6 is 11.6 Å². The number of hydrogen-bond acceptors (Lipinski definition) is 5. The van der Waals surface area contributed by atoms with Crippen LogP contribution in [0.1, 0.15) is 22.3 Å². The number of rotatable bonds is 4. The number of nitrogens with one attached hydrogen (secondary N) is 1. The molecule has 3 heterocycles. The van der Waals surface area contributed by atoms with E-state index in [9.17, 15) is 36.3 Å². The van der Waals surface area contributed by atoms with Gasteiger partial charge in [-0.05, 0) is 24.6 Å². The number of amides is 3. The highest BCUT2D eigenvalue weighted by atomic mass is 35.5. The molecule has 8 nitrogen and oxygen atoms in total. The number of halogens is 6. The van der Waals surface area contributed by atoms with Crippen molar-refractivity contribution in [2.45, 2.75) is 24.8 Å². The van der Waals surface area contributed by atoms with E-state index in [4.69, 9.17) is 16.3 Å². The lowest BCUT2D eigenvalue weighted by molar-refractivity contribution is -0.137. The molecule has 1 unspecified atom stereocenters. The average molecular weight is 585 g/mol. The molecule has 0 aliphatic carbocycles. The maximum Gasteiger partial charge on any atom is 0.418 e. The number of nitrogens with zero attached hydrogens (tertiary/aromatic N) is 3. The first-order valence-electron chi connectivity index (χ1n) is 12.3. The zero-order valence-electron chi connectivity index (χ0n) is 20.7. The van der Waals surface area contributed by atoms with Gasteiger partial charge in [-0.1, -0.05) is 23.7 Å². The third-order valence-electron chi connectivity index (χ3n) is 6.96. The van der Waals surface area contributed by atoms with Gasteiger partial charge in [-0.25, -0.2) is 13.8 Å². The summed E-state index contributed by atoms with van der Waals surface area (Å²) in [5.41, 5.74) is -2.35. The minimum Gasteiger partial charge on any atom is -0.378 e. The lowest BCUT2D eigenvalue weighted by atomic mass is 10.0. The summed E-state index contributed by atoms with van der Waals surface area (Å²) in [7, 11) is 0. The summed E-state index contributed by atoms with van der Waals surface area (Å²) in [6.07, 6.45) is -7.13. The topological polar surface area (TPSA) is 91.3 Å². The molecular weight excluding hydrogens is 563 g/mol. The van der Waals surface area contributed by atoms with Crippen LogP contribution in [0.5, 0.6) is 0 Å². The number of morpholine rings is 1. The van der Waals surface area contributed by atoms with E-state index in [1.807, 2.05) is 0 Å². The van der Waals surface area contributed by atoms with E-state index < -0.39 is 58.4 Å². The van der Waals surface area contributed by atoms with Crippen LogP contribution in [0, 0.1) is 5.82 Å². The van der Waals surface area contributed by atoms with E-state index >= 15 is 0 Å². The number of carbonyl (C=O) groups excluding carboxylic acids is 3. The van der Waals surface area contributed by atoms with Gasteiger partial charge in [0.15, 0.2) is 0 Å². The van der Waals surface area contributed by atoms with Crippen LogP contribution in [0.4, 0.5) is 27.6 Å². The second-order valence-electron chi connectivity index (χ2n) is 9.52. The highest BCUT2D eigenvalue weighted by molar-refractivity contribution is 6.31. The molecule has 0 aromatic heterocycles. The molecular formula is C26H22ClF5N4O4. The fraction of sp³-hybridized carbons (Fsp3) is 0.385. The van der Waals surface area contributed by atoms with Crippen molar-refractivity contribution < 1.29 is 41.1 Å². The third kappa shape index (κ3) is 5.27. The number of ether oxygens (including phenoxy) is 1. The lowest BCUT2D eigenvalue weighted by Crippen LogP contribution is -2.47. The quantitative estimate of drug-likeness (QED) is 0.556. The van der Waals surface area contributed by atoms with Crippen LogP contribution < -0.4 is 20.8 Å². The maximum atomic E-state index is 14.8. The summed E-state index contributed by atoms with van der Waals surface area (Å²) in [6.45, 7) is 0.735. The van der Waals surface area contributed by atoms with Crippen molar-refractivity contribution in [2.24, 2.45) is 4.99 Å². The van der Waals surface area contributed by atoms with Gasteiger partial charge >= 0.3 is 6.18 Å². The molecule has 2 aromatic carbocycles. The number of alkyl halides is 4. The van der Waals surface area contributed by atoms with Gasteiger partial charge in [0.2, 0.25) is 6.17 Å². The number of hydrogen-bond donors (Lipinski definition) is 1. The second-order valence-corrected chi connectivity index (χ2v) is 9.96. The Hall–Kier alpha value is -3.58. The Labute approximate surface area is 229 Å². The van der Waals surface area contributed by atoms with Crippen LogP contribution in [0.15, 0.2) is 35.3 Å². The monoisotopic (exact) mass is 584 g/mol. The van der Waals surface area contributed by atoms with E-state index in [-0.39, 0.29) is 67.3 Å². The minimum absolute atomic E-state index is 0.0208. The van der Waals surface area contributed by atoms with Gasteiger partial charge in [0.1, 0.15) is 11.2 Å². The largest absolute Gasteiger partial charge is 0.418 e. The van der Waals surface area contributed by atoms with Crippen molar-refractivity contribution in [3.63, 3.8) is 0 Å². The van der Waals surface area contributed by atoms with Gasteiger partial charge < -0.3 is 19.9 Å². The predicted molar refractivity (Wildman–Crippen MR) is 132 cm³/mol. The highest BCUT2D eigenvalue weighted by Crippen LogP contribution is 2.42. The Morgan fingerprint density at radius 3 is 2.55 bits per heavy atom. The Morgan fingerprint density at radius 1 is 1.12 bits per heavy atom. The summed E-state index contributed by atoms with van der Waals surface area (Å²) in [6, 6.07) is 4.65. The molecule has 2 aromatic rings. The molecule has 1 N–H and O–H groups in total. The Bertz CT molecular complexity index is 1510. The lowest BCUT2D eigenvalue weighted by Gasteiger charge is -2.31. The molecule has 212 valence electrons. The van der Waals surface area contributed by atoms with E-state index in [0.717, 1.165) is 12.1 Å². The van der Waals surface area contributed by atoms with Gasteiger partial charge in [0.25, 0.3) is 17.7 Å². The van der Waals surface area contributed by atoms with E-state index in [1.54, 1.807) is 0 Å². The van der Waals surface area contributed by atoms with Crippen molar-refractivity contribution in [3.8, 4) is 0 Å². The molecule has 0 radical (unpaired) electrons. The van der Waals surface area contributed by atoms with Gasteiger partial charge in [-0.15, -0.1) is 0 Å². The highest BCUT2D eigenvalue weighted by Gasteiger charge is 2.41. The molecule has 14 heteroatoms. The molecule has 0 spiro atoms. The fourth-order valence-corrected chi connectivity index (χ4v) is 5.33. The summed E-state index contributed by atoms with van der Waals surface area (Å²) in [4.78, 5) is 44.5. The van der Waals surface area contributed by atoms with E-state index in [0.29, 0.717) is 0 Å². The van der Waals surface area contributed by atoms with Gasteiger partial charge in [-0.3, -0.25) is 14.4 Å². The van der Waals surface area contributed by atoms with Gasteiger partial charge in [0, 0.05) is 42.5 Å². The van der Waals surface area contributed by atoms with Crippen LogP contribution in [0.3, 0.4) is 0 Å². The first-order chi connectivity index (χ1) is 19.0. The molecule has 3 aliphatic rings. The van der Waals surface area contributed by atoms with Crippen LogP contribution in [0.25, 0.3) is 5.57 Å². The van der Waals surface area contributed by atoms with Gasteiger partial charge in [-0.2, -0.15) is 13.2 Å². The van der Waals surface area contributed by atoms with Crippen LogP contribution in [-0.4, -0.2) is 74.2 Å². The van der Waals surface area contributed by atoms with Gasteiger partial charge in [0.05, 0.1) is 35.6 Å². The van der Waals surface area contributed by atoms with Crippen molar-refractivity contribution in [2.75, 3.05) is 44.3 Å². The maximum absolute atomic E-state index is 14.8. The van der Waals surface area contributed by atoms with Crippen molar-refractivity contribution in [1.29, 1.82) is 0 Å². The zero-order chi connectivity index (χ0) is 28.8.